The van der Waals surface area contributed by atoms with Crippen molar-refractivity contribution in [3.63, 3.8) is 0 Å². The maximum atomic E-state index is 2.78. The molecule has 0 spiro atoms. The standard InChI is InChI=1S/C11H20N2/c1-8(2)12-6-11-5-10(12)7-13(11)9-3-4-9/h8-11H,3-7H2,1-2H3/t10-,11-/m1/s1. The average molecular weight is 180 g/mol. The smallest absolute Gasteiger partial charge is 0.0242 e. The van der Waals surface area contributed by atoms with E-state index < -0.39 is 0 Å². The topological polar surface area (TPSA) is 6.48 Å². The number of piperazine rings is 1. The molecule has 2 atom stereocenters. The van der Waals surface area contributed by atoms with Crippen molar-refractivity contribution in [1.82, 2.24) is 9.80 Å². The van der Waals surface area contributed by atoms with Gasteiger partial charge in [0.05, 0.1) is 0 Å². The van der Waals surface area contributed by atoms with Crippen molar-refractivity contribution in [2.45, 2.75) is 57.3 Å². The first-order valence-electron chi connectivity index (χ1n) is 5.77. The lowest BCUT2D eigenvalue weighted by Crippen LogP contribution is -2.49. The number of hydrogen-bond acceptors (Lipinski definition) is 2. The van der Waals surface area contributed by atoms with Gasteiger partial charge in [-0.25, -0.2) is 0 Å². The number of fused-ring (bicyclic) bond motifs is 2. The van der Waals surface area contributed by atoms with E-state index in [1.54, 1.807) is 0 Å². The van der Waals surface area contributed by atoms with E-state index in [2.05, 4.69) is 23.6 Å². The second-order valence-electron chi connectivity index (χ2n) is 5.26. The van der Waals surface area contributed by atoms with Gasteiger partial charge in [0.2, 0.25) is 0 Å². The molecule has 2 heteroatoms. The lowest BCUT2D eigenvalue weighted by Gasteiger charge is -2.36. The average Bonchev–Trinajstić information content (AvgIpc) is 2.75. The molecule has 0 radical (unpaired) electrons. The molecule has 2 heterocycles. The Kier molecular flexibility index (Phi) is 1.72. The van der Waals surface area contributed by atoms with Crippen molar-refractivity contribution in [2.24, 2.45) is 0 Å². The maximum Gasteiger partial charge on any atom is 0.0242 e. The van der Waals surface area contributed by atoms with Crippen LogP contribution in [0.25, 0.3) is 0 Å². The normalized spacial score (nSPS) is 40.8. The summed E-state index contributed by atoms with van der Waals surface area (Å²) in [4.78, 5) is 5.48. The first-order chi connectivity index (χ1) is 6.25. The monoisotopic (exact) mass is 180 g/mol. The van der Waals surface area contributed by atoms with Crippen LogP contribution in [0.1, 0.15) is 33.1 Å². The summed E-state index contributed by atoms with van der Waals surface area (Å²) in [7, 11) is 0. The molecule has 2 bridgehead atoms. The highest BCUT2D eigenvalue weighted by Crippen LogP contribution is 2.39. The molecule has 2 aliphatic heterocycles. The van der Waals surface area contributed by atoms with E-state index in [4.69, 9.17) is 0 Å². The first kappa shape index (κ1) is 8.25. The molecule has 0 aromatic carbocycles. The molecule has 3 fully saturated rings. The lowest BCUT2D eigenvalue weighted by atomic mass is 10.2. The van der Waals surface area contributed by atoms with Gasteiger partial charge < -0.3 is 0 Å². The predicted octanol–water partition coefficient (Wildman–Crippen LogP) is 1.32. The third-order valence-corrected chi connectivity index (χ3v) is 4.00. The number of hydrogen-bond donors (Lipinski definition) is 0. The van der Waals surface area contributed by atoms with Crippen LogP contribution in [-0.2, 0) is 0 Å². The molecule has 0 aromatic rings. The van der Waals surface area contributed by atoms with Gasteiger partial charge in [-0.1, -0.05) is 0 Å². The Morgan fingerprint density at radius 1 is 1.00 bits per heavy atom. The third-order valence-electron chi connectivity index (χ3n) is 4.00. The molecule has 2 saturated heterocycles. The van der Waals surface area contributed by atoms with Crippen molar-refractivity contribution in [3.8, 4) is 0 Å². The van der Waals surface area contributed by atoms with Crippen LogP contribution in [0.3, 0.4) is 0 Å². The molecule has 0 aromatic heterocycles. The van der Waals surface area contributed by atoms with Gasteiger partial charge in [0, 0.05) is 37.3 Å². The van der Waals surface area contributed by atoms with Crippen molar-refractivity contribution in [1.29, 1.82) is 0 Å². The minimum atomic E-state index is 0.761. The summed E-state index contributed by atoms with van der Waals surface area (Å²) in [5.74, 6) is 0. The van der Waals surface area contributed by atoms with E-state index >= 15 is 0 Å². The van der Waals surface area contributed by atoms with Crippen molar-refractivity contribution in [3.05, 3.63) is 0 Å². The number of nitrogens with zero attached hydrogens (tertiary/aromatic N) is 2. The molecular formula is C11H20N2. The van der Waals surface area contributed by atoms with Crippen LogP contribution < -0.4 is 0 Å². The largest absolute Gasteiger partial charge is 0.295 e. The molecule has 1 aliphatic carbocycles. The zero-order valence-electron chi connectivity index (χ0n) is 8.74. The van der Waals surface area contributed by atoms with Crippen molar-refractivity contribution in [2.75, 3.05) is 13.1 Å². The molecule has 1 saturated carbocycles. The van der Waals surface area contributed by atoms with Gasteiger partial charge >= 0.3 is 0 Å². The Bertz CT molecular complexity index is 196. The molecule has 3 rings (SSSR count). The van der Waals surface area contributed by atoms with E-state index in [0.717, 1.165) is 24.2 Å². The van der Waals surface area contributed by atoms with E-state index in [-0.39, 0.29) is 0 Å². The molecule has 3 aliphatic rings. The van der Waals surface area contributed by atoms with Crippen LogP contribution in [0.15, 0.2) is 0 Å². The van der Waals surface area contributed by atoms with Gasteiger partial charge in [-0.2, -0.15) is 0 Å². The Labute approximate surface area is 80.9 Å². The fourth-order valence-electron chi connectivity index (χ4n) is 3.21. The van der Waals surface area contributed by atoms with E-state index in [0.29, 0.717) is 0 Å². The number of rotatable bonds is 2. The summed E-state index contributed by atoms with van der Waals surface area (Å²) in [5.41, 5.74) is 0. The SMILES string of the molecule is CC(C)N1C[C@H]2C[C@@H]1CN2C1CC1. The summed E-state index contributed by atoms with van der Waals surface area (Å²) in [6, 6.07) is 3.56. The Morgan fingerprint density at radius 3 is 2.23 bits per heavy atom. The van der Waals surface area contributed by atoms with Gasteiger partial charge in [-0.15, -0.1) is 0 Å². The lowest BCUT2D eigenvalue weighted by molar-refractivity contribution is 0.0995. The summed E-state index contributed by atoms with van der Waals surface area (Å²) in [6.45, 7) is 7.39. The highest BCUT2D eigenvalue weighted by atomic mass is 15.4. The summed E-state index contributed by atoms with van der Waals surface area (Å²) in [6.07, 6.45) is 4.41. The van der Waals surface area contributed by atoms with Crippen LogP contribution in [0.5, 0.6) is 0 Å². The Balaban J connectivity index is 1.68. The number of likely N-dealkylation sites (tertiary alicyclic amines) is 2. The van der Waals surface area contributed by atoms with Crippen LogP contribution in [-0.4, -0.2) is 47.1 Å². The van der Waals surface area contributed by atoms with Crippen molar-refractivity contribution < 1.29 is 0 Å². The quantitative estimate of drug-likeness (QED) is 0.632. The van der Waals surface area contributed by atoms with Crippen LogP contribution in [0, 0.1) is 0 Å². The van der Waals surface area contributed by atoms with Gasteiger partial charge in [0.1, 0.15) is 0 Å². The predicted molar refractivity (Wildman–Crippen MR) is 53.8 cm³/mol. The summed E-state index contributed by atoms with van der Waals surface area (Å²) in [5, 5.41) is 0. The van der Waals surface area contributed by atoms with E-state index in [1.807, 2.05) is 0 Å². The fraction of sp³-hybridized carbons (Fsp3) is 1.00. The van der Waals surface area contributed by atoms with Gasteiger partial charge in [-0.05, 0) is 33.1 Å². The van der Waals surface area contributed by atoms with Gasteiger partial charge in [0.25, 0.3) is 0 Å². The second-order valence-corrected chi connectivity index (χ2v) is 5.26. The molecule has 0 amide bonds. The van der Waals surface area contributed by atoms with Crippen LogP contribution in [0.4, 0.5) is 0 Å². The van der Waals surface area contributed by atoms with Gasteiger partial charge in [-0.3, -0.25) is 9.80 Å². The first-order valence-corrected chi connectivity index (χ1v) is 5.77. The highest BCUT2D eigenvalue weighted by Gasteiger charge is 2.48. The van der Waals surface area contributed by atoms with Crippen LogP contribution in [0.2, 0.25) is 0 Å². The summed E-state index contributed by atoms with van der Waals surface area (Å²) < 4.78 is 0. The molecule has 13 heavy (non-hydrogen) atoms. The second kappa shape index (κ2) is 2.71. The molecule has 0 unspecified atom stereocenters. The fourth-order valence-corrected chi connectivity index (χ4v) is 3.21. The molecule has 0 N–H and O–H groups in total. The molecule has 2 nitrogen and oxygen atoms in total. The third kappa shape index (κ3) is 1.23. The Hall–Kier alpha value is -0.0800. The van der Waals surface area contributed by atoms with Gasteiger partial charge in [0.15, 0.2) is 0 Å². The minimum Gasteiger partial charge on any atom is -0.295 e. The minimum absolute atomic E-state index is 0.761. The highest BCUT2D eigenvalue weighted by molar-refractivity contribution is 5.04. The maximum absolute atomic E-state index is 2.78. The zero-order chi connectivity index (χ0) is 9.00. The Morgan fingerprint density at radius 2 is 1.77 bits per heavy atom. The van der Waals surface area contributed by atoms with Crippen molar-refractivity contribution >= 4 is 0 Å². The van der Waals surface area contributed by atoms with E-state index in [1.165, 1.54) is 32.4 Å². The molecule has 74 valence electrons. The summed E-state index contributed by atoms with van der Waals surface area (Å²) >= 11 is 0. The van der Waals surface area contributed by atoms with Crippen LogP contribution >= 0.6 is 0 Å². The van der Waals surface area contributed by atoms with E-state index in [9.17, 15) is 0 Å². The zero-order valence-corrected chi connectivity index (χ0v) is 8.74. The molecular weight excluding hydrogens is 160 g/mol.